The summed E-state index contributed by atoms with van der Waals surface area (Å²) in [6.07, 6.45) is 1.89. The van der Waals surface area contributed by atoms with E-state index < -0.39 is 84.6 Å². The first-order chi connectivity index (χ1) is 22.7. The van der Waals surface area contributed by atoms with Crippen LogP contribution in [0.3, 0.4) is 0 Å². The van der Waals surface area contributed by atoms with E-state index in [2.05, 4.69) is 44.5 Å². The predicted octanol–water partition coefficient (Wildman–Crippen LogP) is -4.62. The maximum Gasteiger partial charge on any atom is 0.326 e. The Morgan fingerprint density at radius 2 is 1.21 bits per heavy atom. The lowest BCUT2D eigenvalue weighted by molar-refractivity contribution is -0.142. The van der Waals surface area contributed by atoms with Crippen molar-refractivity contribution < 1.29 is 43.8 Å². The number of carboxylic acid groups (broad SMARTS) is 2. The van der Waals surface area contributed by atoms with E-state index in [1.54, 1.807) is 0 Å². The van der Waals surface area contributed by atoms with Gasteiger partial charge in [-0.15, -0.1) is 0 Å². The lowest BCUT2D eigenvalue weighted by Crippen LogP contribution is -2.57. The number of nitrogens with one attached hydrogen (secondary N) is 7. The van der Waals surface area contributed by atoms with E-state index in [0.717, 1.165) is 0 Å². The van der Waals surface area contributed by atoms with E-state index in [1.165, 1.54) is 0 Å². The number of carboxylic acids is 2. The molecule has 0 aliphatic carbocycles. The van der Waals surface area contributed by atoms with E-state index >= 15 is 0 Å². The molecule has 0 saturated carbocycles. The van der Waals surface area contributed by atoms with Crippen molar-refractivity contribution in [2.75, 3.05) is 31.9 Å². The summed E-state index contributed by atoms with van der Waals surface area (Å²) in [5, 5.41) is 40.2. The Balaban J connectivity index is 5.52. The molecule has 0 aromatic heterocycles. The Morgan fingerprint density at radius 1 is 0.667 bits per heavy atom. The third-order valence-electron chi connectivity index (χ3n) is 6.75. The summed E-state index contributed by atoms with van der Waals surface area (Å²) in [4.78, 5) is 86.8. The van der Waals surface area contributed by atoms with Crippen molar-refractivity contribution in [1.82, 2.24) is 31.9 Å². The van der Waals surface area contributed by atoms with E-state index in [4.69, 9.17) is 28.3 Å². The molecule has 0 unspecified atom stereocenters. The number of hydrogen-bond donors (Lipinski definition) is 14. The molecule has 0 fully saturated rings. The van der Waals surface area contributed by atoms with Crippen LogP contribution in [-0.2, 0) is 33.6 Å². The van der Waals surface area contributed by atoms with Crippen molar-refractivity contribution in [2.45, 2.75) is 88.0 Å². The number of aliphatic carboxylic acids is 2. The summed E-state index contributed by atoms with van der Waals surface area (Å²) >= 11 is 4.09. The van der Waals surface area contributed by atoms with Crippen molar-refractivity contribution in [3.8, 4) is 0 Å². The van der Waals surface area contributed by atoms with Crippen LogP contribution in [0.4, 0.5) is 0 Å². The molecule has 5 amide bonds. The molecule has 17 N–H and O–H groups in total. The van der Waals surface area contributed by atoms with Crippen LogP contribution in [0.2, 0.25) is 0 Å². The topological polar surface area (TPSA) is 360 Å². The number of amides is 5. The van der Waals surface area contributed by atoms with Crippen LogP contribution in [0.5, 0.6) is 0 Å². The molecule has 5 atom stereocenters. The zero-order valence-electron chi connectivity index (χ0n) is 26.8. The third-order valence-corrected chi connectivity index (χ3v) is 7.12. The fourth-order valence-electron chi connectivity index (χ4n) is 4.13. The van der Waals surface area contributed by atoms with Crippen LogP contribution >= 0.6 is 12.6 Å². The molecule has 21 heteroatoms. The Hall–Kier alpha value is -4.21. The van der Waals surface area contributed by atoms with Gasteiger partial charge in [0.2, 0.25) is 29.5 Å². The Kier molecular flexibility index (Phi) is 22.7. The summed E-state index contributed by atoms with van der Waals surface area (Å²) in [7, 11) is 0. The molecular weight excluding hydrogens is 654 g/mol. The highest BCUT2D eigenvalue weighted by atomic mass is 32.1. The first-order valence-electron chi connectivity index (χ1n) is 15.4. The highest BCUT2D eigenvalue weighted by molar-refractivity contribution is 7.80. The van der Waals surface area contributed by atoms with Crippen LogP contribution in [0.1, 0.15) is 57.8 Å². The van der Waals surface area contributed by atoms with E-state index in [9.17, 15) is 43.8 Å². The van der Waals surface area contributed by atoms with Crippen LogP contribution in [0.25, 0.3) is 0 Å². The highest BCUT2D eigenvalue weighted by Crippen LogP contribution is 2.04. The molecule has 274 valence electrons. The van der Waals surface area contributed by atoms with Gasteiger partial charge in [0.1, 0.15) is 24.2 Å². The smallest absolute Gasteiger partial charge is 0.326 e. The summed E-state index contributed by atoms with van der Waals surface area (Å²) < 4.78 is 0. The summed E-state index contributed by atoms with van der Waals surface area (Å²) in [6.45, 7) is 0.170. The molecule has 48 heavy (non-hydrogen) atoms. The number of carbonyl (C=O) groups is 7. The number of nitrogens with two attached hydrogens (primary N) is 4. The van der Waals surface area contributed by atoms with Crippen molar-refractivity contribution in [3.05, 3.63) is 0 Å². The highest BCUT2D eigenvalue weighted by Gasteiger charge is 2.30. The Labute approximate surface area is 283 Å². The fraction of sp³-hybridized carbons (Fsp3) is 0.704. The molecular formula is C27H51N11O9S. The second kappa shape index (κ2) is 24.9. The van der Waals surface area contributed by atoms with Gasteiger partial charge in [-0.3, -0.25) is 34.2 Å². The molecule has 0 saturated heterocycles. The summed E-state index contributed by atoms with van der Waals surface area (Å²) in [5.41, 5.74) is 21.9. The lowest BCUT2D eigenvalue weighted by atomic mass is 10.1. The second-order valence-corrected chi connectivity index (χ2v) is 11.2. The van der Waals surface area contributed by atoms with Gasteiger partial charge in [0, 0.05) is 12.3 Å². The monoisotopic (exact) mass is 705 g/mol. The molecule has 0 aromatic carbocycles. The minimum Gasteiger partial charge on any atom is -0.481 e. The molecule has 20 nitrogen and oxygen atoms in total. The average molecular weight is 706 g/mol. The second-order valence-electron chi connectivity index (χ2n) is 10.8. The zero-order valence-corrected chi connectivity index (χ0v) is 27.7. The van der Waals surface area contributed by atoms with Gasteiger partial charge < -0.3 is 65.0 Å². The normalized spacial score (nSPS) is 13.8. The molecule has 0 rings (SSSR count). The standard InChI is InChI=1S/C27H51N11O9S/c28-9-3-1-6-15(30)22(42)37-18(12-21(40)41)23(43)34-13-20(39)35-16(8-5-11-33-27(31)32)24(44)38-19(14-48)25(45)36-17(26(46)47)7-2-4-10-29/h15-19,48H,1-14,28-30H2,(H,34,43)(H,35,39)(H,36,45)(H,37,42)(H,38,44)(H,40,41)(H,46,47)(H4,31,32,33)/t15-,16-,17-,18-,19-/m0/s1. The van der Waals surface area contributed by atoms with Gasteiger partial charge in [0.15, 0.2) is 5.96 Å². The molecule has 0 radical (unpaired) electrons. The van der Waals surface area contributed by atoms with Gasteiger partial charge in [-0.1, -0.05) is 6.42 Å². The molecule has 0 aliphatic heterocycles. The van der Waals surface area contributed by atoms with E-state index in [-0.39, 0.29) is 43.9 Å². The van der Waals surface area contributed by atoms with E-state index in [1.807, 2.05) is 0 Å². The fourth-order valence-corrected chi connectivity index (χ4v) is 4.38. The first kappa shape index (κ1) is 43.8. The number of guanidine groups is 1. The van der Waals surface area contributed by atoms with E-state index in [0.29, 0.717) is 38.8 Å². The molecule has 0 heterocycles. The molecule has 0 aromatic rings. The number of thiol groups is 1. The largest absolute Gasteiger partial charge is 0.481 e. The van der Waals surface area contributed by atoms with Crippen LogP contribution in [0.15, 0.2) is 0 Å². The van der Waals surface area contributed by atoms with Gasteiger partial charge in [0.25, 0.3) is 0 Å². The van der Waals surface area contributed by atoms with Gasteiger partial charge in [0.05, 0.1) is 19.0 Å². The number of rotatable bonds is 26. The van der Waals surface area contributed by atoms with Crippen molar-refractivity contribution in [2.24, 2.45) is 22.9 Å². The number of hydrogen-bond acceptors (Lipinski definition) is 12. The minimum absolute atomic E-state index is 0.0245. The van der Waals surface area contributed by atoms with Gasteiger partial charge in [-0.25, -0.2) is 4.79 Å². The Bertz CT molecular complexity index is 1100. The van der Waals surface area contributed by atoms with Crippen LogP contribution < -0.4 is 54.8 Å². The van der Waals surface area contributed by atoms with Crippen LogP contribution in [0, 0.1) is 5.41 Å². The number of carbonyl (C=O) groups excluding carboxylic acids is 5. The van der Waals surface area contributed by atoms with Gasteiger partial charge >= 0.3 is 11.9 Å². The lowest BCUT2D eigenvalue weighted by Gasteiger charge is -2.24. The SMILES string of the molecule is N=C(N)NCCC[C@H](NC(=O)CNC(=O)[C@H](CC(=O)O)NC(=O)[C@@H](N)CCCCN)C(=O)N[C@@H](CS)C(=O)N[C@@H](CCCCN)C(=O)O. The van der Waals surface area contributed by atoms with Gasteiger partial charge in [-0.05, 0) is 58.0 Å². The van der Waals surface area contributed by atoms with Crippen molar-refractivity contribution in [1.29, 1.82) is 5.41 Å². The maximum atomic E-state index is 13.2. The first-order valence-corrected chi connectivity index (χ1v) is 16.1. The molecule has 0 bridgehead atoms. The quantitative estimate of drug-likeness (QED) is 0.0174. The number of unbranched alkanes of at least 4 members (excludes halogenated alkanes) is 2. The zero-order chi connectivity index (χ0) is 36.6. The van der Waals surface area contributed by atoms with Crippen molar-refractivity contribution >= 4 is 60.1 Å². The average Bonchev–Trinajstić information content (AvgIpc) is 3.02. The van der Waals surface area contributed by atoms with Crippen molar-refractivity contribution in [3.63, 3.8) is 0 Å². The van der Waals surface area contributed by atoms with Crippen LogP contribution in [-0.4, -0.2) is 120 Å². The summed E-state index contributed by atoms with van der Waals surface area (Å²) in [5.74, 6) is -7.50. The predicted molar refractivity (Wildman–Crippen MR) is 177 cm³/mol. The maximum absolute atomic E-state index is 13.2. The molecule has 0 aliphatic rings. The summed E-state index contributed by atoms with van der Waals surface area (Å²) in [6, 6.07) is -6.37. The molecule has 0 spiro atoms. The Morgan fingerprint density at radius 3 is 1.75 bits per heavy atom. The minimum atomic E-state index is -1.56. The third kappa shape index (κ3) is 19.5. The van der Waals surface area contributed by atoms with Gasteiger partial charge in [-0.2, -0.15) is 12.6 Å².